The highest BCUT2D eigenvalue weighted by atomic mass is 79.9. The van der Waals surface area contributed by atoms with Crippen LogP contribution in [-0.2, 0) is 6.54 Å². The molecule has 1 aromatic rings. The molecule has 90 valence electrons. The summed E-state index contributed by atoms with van der Waals surface area (Å²) in [5.74, 6) is -0.303. The fourth-order valence-electron chi connectivity index (χ4n) is 1.14. The first-order chi connectivity index (χ1) is 7.50. The second kappa shape index (κ2) is 5.72. The summed E-state index contributed by atoms with van der Waals surface area (Å²) in [6.45, 7) is 1.83. The summed E-state index contributed by atoms with van der Waals surface area (Å²) < 4.78 is 13.5. The second-order valence-corrected chi connectivity index (χ2v) is 4.82. The molecule has 0 saturated heterocycles. The Hall–Kier alpha value is -0.490. The molecule has 0 aromatic heterocycles. The van der Waals surface area contributed by atoms with Crippen LogP contribution in [0.25, 0.3) is 0 Å². The predicted molar refractivity (Wildman–Crippen MR) is 63.5 cm³/mol. The second-order valence-electron chi connectivity index (χ2n) is 3.97. The van der Waals surface area contributed by atoms with Gasteiger partial charge in [-0.1, -0.05) is 22.0 Å². The van der Waals surface area contributed by atoms with Crippen molar-refractivity contribution in [1.29, 1.82) is 0 Å². The third kappa shape index (κ3) is 3.52. The van der Waals surface area contributed by atoms with Crippen LogP contribution in [0, 0.1) is 5.82 Å². The van der Waals surface area contributed by atoms with Gasteiger partial charge in [-0.25, -0.2) is 4.39 Å². The topological polar surface area (TPSA) is 52.5 Å². The Morgan fingerprint density at radius 3 is 2.50 bits per heavy atom. The average molecular weight is 292 g/mol. The van der Waals surface area contributed by atoms with Gasteiger partial charge in [-0.05, 0) is 24.6 Å². The van der Waals surface area contributed by atoms with Gasteiger partial charge in [-0.2, -0.15) is 0 Å². The molecular weight excluding hydrogens is 277 g/mol. The van der Waals surface area contributed by atoms with Crippen LogP contribution >= 0.6 is 15.9 Å². The van der Waals surface area contributed by atoms with Crippen LogP contribution in [0.2, 0.25) is 0 Å². The zero-order valence-electron chi connectivity index (χ0n) is 9.00. The Balaban J connectivity index is 2.67. The summed E-state index contributed by atoms with van der Waals surface area (Å²) in [7, 11) is 0. The van der Waals surface area contributed by atoms with E-state index in [1.807, 2.05) is 0 Å². The molecule has 0 aliphatic heterocycles. The minimum atomic E-state index is -0.728. The van der Waals surface area contributed by atoms with Crippen LogP contribution in [-0.4, -0.2) is 29.0 Å². The number of aliphatic hydroxyl groups is 2. The summed E-state index contributed by atoms with van der Waals surface area (Å²) in [4.78, 5) is 0. The molecule has 16 heavy (non-hydrogen) atoms. The minimum Gasteiger partial charge on any atom is -0.394 e. The zero-order chi connectivity index (χ0) is 12.2. The number of rotatable bonds is 5. The van der Waals surface area contributed by atoms with E-state index in [9.17, 15) is 4.39 Å². The molecule has 0 aliphatic carbocycles. The van der Waals surface area contributed by atoms with Gasteiger partial charge in [0, 0.05) is 11.0 Å². The molecule has 0 aliphatic rings. The maximum Gasteiger partial charge on any atom is 0.124 e. The van der Waals surface area contributed by atoms with E-state index in [2.05, 4.69) is 21.2 Å². The highest BCUT2D eigenvalue weighted by Crippen LogP contribution is 2.18. The lowest BCUT2D eigenvalue weighted by molar-refractivity contribution is 0.103. The molecule has 0 atom stereocenters. The van der Waals surface area contributed by atoms with Gasteiger partial charge in [-0.3, -0.25) is 0 Å². The Labute approximate surface area is 102 Å². The van der Waals surface area contributed by atoms with Gasteiger partial charge < -0.3 is 15.5 Å². The Morgan fingerprint density at radius 2 is 2.00 bits per heavy atom. The Morgan fingerprint density at radius 1 is 1.38 bits per heavy atom. The molecule has 0 heterocycles. The molecule has 0 fully saturated rings. The smallest absolute Gasteiger partial charge is 0.124 e. The summed E-state index contributed by atoms with van der Waals surface area (Å²) in [5, 5.41) is 21.2. The van der Waals surface area contributed by atoms with E-state index in [1.165, 1.54) is 12.1 Å². The van der Waals surface area contributed by atoms with E-state index < -0.39 is 5.54 Å². The summed E-state index contributed by atoms with van der Waals surface area (Å²) >= 11 is 3.25. The van der Waals surface area contributed by atoms with Crippen LogP contribution in [0.5, 0.6) is 0 Å². The van der Waals surface area contributed by atoms with E-state index >= 15 is 0 Å². The van der Waals surface area contributed by atoms with Crippen LogP contribution in [0.3, 0.4) is 0 Å². The zero-order valence-corrected chi connectivity index (χ0v) is 10.6. The van der Waals surface area contributed by atoms with Crippen LogP contribution in [0.4, 0.5) is 4.39 Å². The van der Waals surface area contributed by atoms with E-state index in [-0.39, 0.29) is 19.0 Å². The first-order valence-corrected chi connectivity index (χ1v) is 5.71. The Kier molecular flexibility index (Phi) is 4.86. The van der Waals surface area contributed by atoms with E-state index in [4.69, 9.17) is 10.2 Å². The molecule has 3 nitrogen and oxygen atoms in total. The van der Waals surface area contributed by atoms with Crippen molar-refractivity contribution in [2.45, 2.75) is 19.0 Å². The molecular formula is C11H15BrFNO2. The number of hydrogen-bond donors (Lipinski definition) is 3. The van der Waals surface area contributed by atoms with Gasteiger partial charge in [0.2, 0.25) is 0 Å². The number of benzene rings is 1. The molecule has 5 heteroatoms. The molecule has 0 bridgehead atoms. The summed E-state index contributed by atoms with van der Waals surface area (Å²) in [6.07, 6.45) is 0. The average Bonchev–Trinajstić information content (AvgIpc) is 2.27. The van der Waals surface area contributed by atoms with Crippen LogP contribution < -0.4 is 5.32 Å². The maximum atomic E-state index is 12.8. The SMILES string of the molecule is CC(CO)(CO)NCc1ccc(F)cc1Br. The lowest BCUT2D eigenvalue weighted by Crippen LogP contribution is -2.48. The summed E-state index contributed by atoms with van der Waals surface area (Å²) in [5.41, 5.74) is 0.142. The number of halogens is 2. The molecule has 0 amide bonds. The maximum absolute atomic E-state index is 12.8. The monoisotopic (exact) mass is 291 g/mol. The van der Waals surface area contributed by atoms with Crippen molar-refractivity contribution >= 4 is 15.9 Å². The standard InChI is InChI=1S/C11H15BrFNO2/c1-11(6-15,7-16)14-5-8-2-3-9(13)4-10(8)12/h2-4,14-16H,5-7H2,1H3. The first kappa shape index (κ1) is 13.6. The molecule has 0 spiro atoms. The number of nitrogens with one attached hydrogen (secondary N) is 1. The number of aliphatic hydroxyl groups excluding tert-OH is 2. The largest absolute Gasteiger partial charge is 0.394 e. The molecule has 0 radical (unpaired) electrons. The Bertz CT molecular complexity index is 356. The predicted octanol–water partition coefficient (Wildman–Crippen LogP) is 1.42. The van der Waals surface area contributed by atoms with Gasteiger partial charge in [0.1, 0.15) is 5.82 Å². The van der Waals surface area contributed by atoms with Crippen molar-refractivity contribution in [1.82, 2.24) is 5.32 Å². The van der Waals surface area contributed by atoms with Gasteiger partial charge in [0.25, 0.3) is 0 Å². The van der Waals surface area contributed by atoms with E-state index in [0.29, 0.717) is 11.0 Å². The van der Waals surface area contributed by atoms with Crippen molar-refractivity contribution < 1.29 is 14.6 Å². The van der Waals surface area contributed by atoms with Crippen molar-refractivity contribution in [3.63, 3.8) is 0 Å². The summed E-state index contributed by atoms with van der Waals surface area (Å²) in [6, 6.07) is 4.41. The van der Waals surface area contributed by atoms with E-state index in [1.54, 1.807) is 13.0 Å². The highest BCUT2D eigenvalue weighted by Gasteiger charge is 2.21. The first-order valence-electron chi connectivity index (χ1n) is 4.91. The van der Waals surface area contributed by atoms with Gasteiger partial charge in [0.05, 0.1) is 18.8 Å². The van der Waals surface area contributed by atoms with Gasteiger partial charge in [-0.15, -0.1) is 0 Å². The fraction of sp³-hybridized carbons (Fsp3) is 0.455. The normalized spacial score (nSPS) is 11.8. The van der Waals surface area contributed by atoms with Crippen molar-refractivity contribution in [2.24, 2.45) is 0 Å². The van der Waals surface area contributed by atoms with E-state index in [0.717, 1.165) is 5.56 Å². The fourth-order valence-corrected chi connectivity index (χ4v) is 1.63. The quantitative estimate of drug-likeness (QED) is 0.769. The van der Waals surface area contributed by atoms with Crippen LogP contribution in [0.15, 0.2) is 22.7 Å². The van der Waals surface area contributed by atoms with Gasteiger partial charge in [0.15, 0.2) is 0 Å². The number of hydrogen-bond acceptors (Lipinski definition) is 3. The molecule has 1 rings (SSSR count). The lowest BCUT2D eigenvalue weighted by atomic mass is 10.0. The van der Waals surface area contributed by atoms with Crippen LogP contribution in [0.1, 0.15) is 12.5 Å². The third-order valence-corrected chi connectivity index (χ3v) is 3.16. The third-order valence-electron chi connectivity index (χ3n) is 2.42. The molecule has 0 unspecified atom stereocenters. The highest BCUT2D eigenvalue weighted by molar-refractivity contribution is 9.10. The van der Waals surface area contributed by atoms with Crippen molar-refractivity contribution in [3.05, 3.63) is 34.1 Å². The van der Waals surface area contributed by atoms with Gasteiger partial charge >= 0.3 is 0 Å². The molecule has 3 N–H and O–H groups in total. The molecule has 1 aromatic carbocycles. The minimum absolute atomic E-state index is 0.164. The lowest BCUT2D eigenvalue weighted by Gasteiger charge is -2.26. The molecule has 0 saturated carbocycles. The van der Waals surface area contributed by atoms with Crippen molar-refractivity contribution in [2.75, 3.05) is 13.2 Å². The van der Waals surface area contributed by atoms with Crippen molar-refractivity contribution in [3.8, 4) is 0 Å².